The van der Waals surface area contributed by atoms with Gasteiger partial charge < -0.3 is 4.55 Å². The third-order valence-corrected chi connectivity index (χ3v) is 5.36. The number of alkyl halides is 6. The maximum atomic E-state index is 13.3. The van der Waals surface area contributed by atoms with Crippen molar-refractivity contribution in [1.29, 1.82) is 5.26 Å². The molecule has 2 aromatic rings. The Kier molecular flexibility index (Phi) is 7.63. The SMILES string of the molecule is CCON(C(C)=O)c1c([S+]([O-])C(F)(F)F)c(C#N)nn1-c1c(Cl)cc(C(F)(F)F)cc1Cl. The molecule has 1 amide bonds. The first-order valence-electron chi connectivity index (χ1n) is 8.17. The number of anilines is 1. The number of carbonyl (C=O) groups excluding carboxylic acids is 1. The molecule has 0 aliphatic heterocycles. The van der Waals surface area contributed by atoms with E-state index in [1.807, 2.05) is 0 Å². The molecule has 1 unspecified atom stereocenters. The zero-order valence-electron chi connectivity index (χ0n) is 15.8. The van der Waals surface area contributed by atoms with Gasteiger partial charge in [-0.1, -0.05) is 23.2 Å². The van der Waals surface area contributed by atoms with Crippen molar-refractivity contribution < 1.29 is 40.5 Å². The van der Waals surface area contributed by atoms with Crippen molar-refractivity contribution in [2.24, 2.45) is 0 Å². The second-order valence-electron chi connectivity index (χ2n) is 5.76. The lowest BCUT2D eigenvalue weighted by molar-refractivity contribution is -0.137. The Morgan fingerprint density at radius 3 is 2.19 bits per heavy atom. The Bertz CT molecular complexity index is 1060. The van der Waals surface area contributed by atoms with Crippen molar-refractivity contribution in [3.8, 4) is 11.8 Å². The monoisotopic (exact) mass is 522 g/mol. The summed E-state index contributed by atoms with van der Waals surface area (Å²) in [6, 6.07) is 2.14. The van der Waals surface area contributed by atoms with Gasteiger partial charge in [0.2, 0.25) is 22.3 Å². The number of rotatable bonds is 5. The zero-order chi connectivity index (χ0) is 24.6. The number of benzene rings is 1. The molecule has 0 bridgehead atoms. The van der Waals surface area contributed by atoms with Crippen molar-refractivity contribution in [3.63, 3.8) is 0 Å². The first kappa shape index (κ1) is 26.1. The van der Waals surface area contributed by atoms with Crippen LogP contribution in [0.25, 0.3) is 5.69 Å². The minimum atomic E-state index is -5.39. The number of carbonyl (C=O) groups is 1. The maximum absolute atomic E-state index is 13.3. The van der Waals surface area contributed by atoms with Crippen LogP contribution in [0.1, 0.15) is 25.1 Å². The summed E-state index contributed by atoms with van der Waals surface area (Å²) < 4.78 is 91.5. The summed E-state index contributed by atoms with van der Waals surface area (Å²) in [6.07, 6.45) is -4.86. The fourth-order valence-corrected chi connectivity index (χ4v) is 3.93. The molecular weight excluding hydrogens is 513 g/mol. The van der Waals surface area contributed by atoms with E-state index in [1.54, 1.807) is 0 Å². The van der Waals surface area contributed by atoms with E-state index in [0.29, 0.717) is 16.8 Å². The van der Waals surface area contributed by atoms with Gasteiger partial charge in [0.25, 0.3) is 0 Å². The van der Waals surface area contributed by atoms with Gasteiger partial charge >= 0.3 is 11.7 Å². The van der Waals surface area contributed by atoms with Crippen molar-refractivity contribution in [2.75, 3.05) is 11.7 Å². The maximum Gasteiger partial charge on any atom is 0.578 e. The Balaban J connectivity index is 2.98. The fourth-order valence-electron chi connectivity index (χ4n) is 2.45. The first-order valence-corrected chi connectivity index (χ1v) is 10.1. The summed E-state index contributed by atoms with van der Waals surface area (Å²) in [6.45, 7) is 1.95. The van der Waals surface area contributed by atoms with Crippen LogP contribution >= 0.6 is 23.2 Å². The quantitative estimate of drug-likeness (QED) is 0.313. The van der Waals surface area contributed by atoms with Gasteiger partial charge in [0, 0.05) is 6.92 Å². The van der Waals surface area contributed by atoms with Crippen LogP contribution in [0.2, 0.25) is 10.0 Å². The van der Waals surface area contributed by atoms with E-state index in [1.165, 1.54) is 13.0 Å². The molecule has 1 aromatic heterocycles. The third-order valence-electron chi connectivity index (χ3n) is 3.61. The van der Waals surface area contributed by atoms with E-state index in [0.717, 1.165) is 6.92 Å². The van der Waals surface area contributed by atoms with Crippen LogP contribution in [0.3, 0.4) is 0 Å². The summed E-state index contributed by atoms with van der Waals surface area (Å²) in [5.41, 5.74) is -8.33. The van der Waals surface area contributed by atoms with E-state index < -0.39 is 66.5 Å². The van der Waals surface area contributed by atoms with Crippen LogP contribution in [-0.2, 0) is 27.0 Å². The lowest BCUT2D eigenvalue weighted by Gasteiger charge is -2.23. The summed E-state index contributed by atoms with van der Waals surface area (Å²) in [5.74, 6) is -1.99. The summed E-state index contributed by atoms with van der Waals surface area (Å²) >= 11 is 7.93. The number of nitrogens with zero attached hydrogens (tertiary/aromatic N) is 4. The molecule has 7 nitrogen and oxygen atoms in total. The predicted octanol–water partition coefficient (Wildman–Crippen LogP) is 5.00. The number of hydroxylamine groups is 1. The first-order chi connectivity index (χ1) is 14.6. The van der Waals surface area contributed by atoms with Crippen molar-refractivity contribution in [3.05, 3.63) is 33.4 Å². The molecule has 2 rings (SSSR count). The Morgan fingerprint density at radius 1 is 1.28 bits per heavy atom. The highest BCUT2D eigenvalue weighted by molar-refractivity contribution is 7.92. The lowest BCUT2D eigenvalue weighted by Crippen LogP contribution is -2.33. The highest BCUT2D eigenvalue weighted by atomic mass is 35.5. The van der Waals surface area contributed by atoms with Gasteiger partial charge in [0.15, 0.2) is 0 Å². The van der Waals surface area contributed by atoms with Crippen molar-refractivity contribution in [1.82, 2.24) is 9.78 Å². The summed E-state index contributed by atoms with van der Waals surface area (Å²) in [4.78, 5) is 15.8. The van der Waals surface area contributed by atoms with Crippen LogP contribution < -0.4 is 5.06 Å². The predicted molar refractivity (Wildman–Crippen MR) is 101 cm³/mol. The summed E-state index contributed by atoms with van der Waals surface area (Å²) in [7, 11) is 0. The minimum absolute atomic E-state index is 0.261. The van der Waals surface area contributed by atoms with Crippen LogP contribution in [-0.4, -0.2) is 32.4 Å². The number of halogens is 8. The molecule has 16 heteroatoms. The smallest absolute Gasteiger partial charge is 0.578 e. The second kappa shape index (κ2) is 9.36. The number of amides is 1. The standard InChI is InChI=1S/C16H10Cl2F6N4O3S/c1-3-31-28(7(2)29)14-13(32(30)16(22,23)24)11(6-25)26-27(14)12-9(17)4-8(5-10(12)18)15(19,20)21/h4-5H,3H2,1-2H3. The molecule has 0 radical (unpaired) electrons. The molecule has 0 saturated carbocycles. The fraction of sp³-hybridized carbons (Fsp3) is 0.312. The Morgan fingerprint density at radius 2 is 1.81 bits per heavy atom. The van der Waals surface area contributed by atoms with E-state index in [-0.39, 0.29) is 11.7 Å². The minimum Gasteiger partial charge on any atom is -0.604 e. The average Bonchev–Trinajstić information content (AvgIpc) is 3.01. The highest BCUT2D eigenvalue weighted by Gasteiger charge is 2.52. The van der Waals surface area contributed by atoms with Crippen LogP contribution in [0, 0.1) is 11.3 Å². The van der Waals surface area contributed by atoms with Gasteiger partial charge in [-0.15, -0.1) is 18.3 Å². The molecule has 174 valence electrons. The Hall–Kier alpha value is -2.18. The van der Waals surface area contributed by atoms with Gasteiger partial charge in [-0.05, 0) is 19.1 Å². The molecule has 1 atom stereocenters. The molecule has 0 N–H and O–H groups in total. The molecule has 32 heavy (non-hydrogen) atoms. The number of aromatic nitrogens is 2. The summed E-state index contributed by atoms with van der Waals surface area (Å²) in [5, 5.41) is 11.6. The van der Waals surface area contributed by atoms with Gasteiger partial charge in [0.1, 0.15) is 22.9 Å². The van der Waals surface area contributed by atoms with Crippen molar-refractivity contribution in [2.45, 2.75) is 30.4 Å². The lowest BCUT2D eigenvalue weighted by atomic mass is 10.2. The van der Waals surface area contributed by atoms with Gasteiger partial charge in [-0.2, -0.15) is 23.5 Å². The third kappa shape index (κ3) is 5.07. The van der Waals surface area contributed by atoms with E-state index in [4.69, 9.17) is 28.0 Å². The van der Waals surface area contributed by atoms with E-state index >= 15 is 0 Å². The highest BCUT2D eigenvalue weighted by Crippen LogP contribution is 2.43. The van der Waals surface area contributed by atoms with Crippen LogP contribution in [0.5, 0.6) is 0 Å². The number of hydrogen-bond donors (Lipinski definition) is 0. The number of hydrogen-bond acceptors (Lipinski definition) is 5. The van der Waals surface area contributed by atoms with Crippen LogP contribution in [0.4, 0.5) is 32.2 Å². The molecule has 0 spiro atoms. The van der Waals surface area contributed by atoms with E-state index in [9.17, 15) is 41.0 Å². The van der Waals surface area contributed by atoms with Gasteiger partial charge in [-0.25, -0.2) is 4.68 Å². The van der Waals surface area contributed by atoms with Gasteiger partial charge in [-0.3, -0.25) is 9.63 Å². The topological polar surface area (TPSA) is 94.2 Å². The second-order valence-corrected chi connectivity index (χ2v) is 7.98. The van der Waals surface area contributed by atoms with Gasteiger partial charge in [0.05, 0.1) is 22.2 Å². The molecular formula is C16H10Cl2F6N4O3S. The molecule has 0 aliphatic rings. The van der Waals surface area contributed by atoms with E-state index in [2.05, 4.69) is 5.10 Å². The molecule has 1 heterocycles. The molecule has 0 aliphatic carbocycles. The van der Waals surface area contributed by atoms with Crippen LogP contribution in [0.15, 0.2) is 17.0 Å². The Labute approximate surface area is 189 Å². The molecule has 0 fully saturated rings. The normalized spacial score (nSPS) is 13.1. The molecule has 0 saturated heterocycles. The zero-order valence-corrected chi connectivity index (χ0v) is 18.1. The molecule has 1 aromatic carbocycles. The van der Waals surface area contributed by atoms with Crippen molar-refractivity contribution >= 4 is 46.1 Å². The largest absolute Gasteiger partial charge is 0.604 e. The average molecular weight is 523 g/mol. The number of nitriles is 1.